The van der Waals surface area contributed by atoms with Gasteiger partial charge in [0.1, 0.15) is 0 Å². The smallest absolute Gasteiger partial charge is 0.0680 e. The normalized spacial score (nSPS) is 10.7. The van der Waals surface area contributed by atoms with Crippen molar-refractivity contribution in [2.45, 2.75) is 26.7 Å². The third-order valence-corrected chi connectivity index (χ3v) is 2.91. The summed E-state index contributed by atoms with van der Waals surface area (Å²) in [4.78, 5) is 0. The van der Waals surface area contributed by atoms with Crippen LogP contribution in [0.25, 0.3) is 0 Å². The number of rotatable bonds is 5. The third kappa shape index (κ3) is 5.10. The molecule has 0 rings (SSSR count). The summed E-state index contributed by atoms with van der Waals surface area (Å²) in [5.74, 6) is 2.12. The summed E-state index contributed by atoms with van der Waals surface area (Å²) >= 11 is 7.35. The molecule has 0 aromatic heterocycles. The standard InChI is InChI=1S/C7H15ClS/c1-3-7(4-2)5-9-6-8/h7H,3-6H2,1-2H3. The Hall–Kier alpha value is 0.640. The molecule has 0 unspecified atom stereocenters. The summed E-state index contributed by atoms with van der Waals surface area (Å²) in [6.07, 6.45) is 2.58. The number of thioether (sulfide) groups is 1. The largest absolute Gasteiger partial charge is 0.145 e. The highest BCUT2D eigenvalue weighted by molar-refractivity contribution is 8.00. The Morgan fingerprint density at radius 1 is 1.33 bits per heavy atom. The van der Waals surface area contributed by atoms with E-state index < -0.39 is 0 Å². The van der Waals surface area contributed by atoms with Gasteiger partial charge in [-0.2, -0.15) is 0 Å². The van der Waals surface area contributed by atoms with Crippen LogP contribution in [-0.2, 0) is 0 Å². The molecule has 0 bridgehead atoms. The van der Waals surface area contributed by atoms with Gasteiger partial charge in [-0.3, -0.25) is 0 Å². The van der Waals surface area contributed by atoms with E-state index in [-0.39, 0.29) is 0 Å². The summed E-state index contributed by atoms with van der Waals surface area (Å²) in [6.45, 7) is 4.48. The van der Waals surface area contributed by atoms with Crippen LogP contribution in [0.2, 0.25) is 0 Å². The molecule has 0 N–H and O–H groups in total. The molecule has 0 fully saturated rings. The number of hydrogen-bond donors (Lipinski definition) is 0. The summed E-state index contributed by atoms with van der Waals surface area (Å²) in [5, 5.41) is 0.747. The van der Waals surface area contributed by atoms with Crippen molar-refractivity contribution in [2.75, 3.05) is 11.0 Å². The van der Waals surface area contributed by atoms with Crippen LogP contribution in [0.5, 0.6) is 0 Å². The Bertz CT molecular complexity index is 52.9. The fourth-order valence-corrected chi connectivity index (χ4v) is 1.90. The van der Waals surface area contributed by atoms with Gasteiger partial charge in [0.05, 0.1) is 5.21 Å². The number of halogens is 1. The summed E-state index contributed by atoms with van der Waals surface area (Å²) in [5.41, 5.74) is 0. The van der Waals surface area contributed by atoms with Crippen LogP contribution in [0.1, 0.15) is 26.7 Å². The Balaban J connectivity index is 3.09. The Kier molecular flexibility index (Phi) is 7.24. The van der Waals surface area contributed by atoms with Crippen LogP contribution in [0.15, 0.2) is 0 Å². The fourth-order valence-electron chi connectivity index (χ4n) is 0.736. The first-order valence-corrected chi connectivity index (χ1v) is 5.17. The second-order valence-electron chi connectivity index (χ2n) is 2.16. The summed E-state index contributed by atoms with van der Waals surface area (Å²) in [6, 6.07) is 0. The van der Waals surface area contributed by atoms with Crippen molar-refractivity contribution in [2.24, 2.45) is 5.92 Å². The first-order chi connectivity index (χ1) is 4.35. The van der Waals surface area contributed by atoms with Crippen LogP contribution in [0.4, 0.5) is 0 Å². The lowest BCUT2D eigenvalue weighted by atomic mass is 10.1. The van der Waals surface area contributed by atoms with Gasteiger partial charge in [0.25, 0.3) is 0 Å². The van der Waals surface area contributed by atoms with Gasteiger partial charge < -0.3 is 0 Å². The second kappa shape index (κ2) is 6.76. The summed E-state index contributed by atoms with van der Waals surface area (Å²) in [7, 11) is 0. The van der Waals surface area contributed by atoms with Gasteiger partial charge in [-0.25, -0.2) is 0 Å². The summed E-state index contributed by atoms with van der Waals surface area (Å²) < 4.78 is 0. The molecule has 0 radical (unpaired) electrons. The molecular formula is C7H15ClS. The monoisotopic (exact) mass is 166 g/mol. The van der Waals surface area contributed by atoms with Crippen molar-refractivity contribution >= 4 is 23.4 Å². The van der Waals surface area contributed by atoms with Crippen LogP contribution in [0.3, 0.4) is 0 Å². The number of hydrogen-bond acceptors (Lipinski definition) is 1. The third-order valence-electron chi connectivity index (χ3n) is 1.59. The Morgan fingerprint density at radius 3 is 2.22 bits per heavy atom. The maximum atomic E-state index is 5.52. The molecule has 9 heavy (non-hydrogen) atoms. The van der Waals surface area contributed by atoms with Gasteiger partial charge in [-0.15, -0.1) is 23.4 Å². The minimum Gasteiger partial charge on any atom is -0.145 e. The first-order valence-electron chi connectivity index (χ1n) is 3.48. The zero-order valence-corrected chi connectivity index (χ0v) is 7.76. The molecule has 0 spiro atoms. The number of alkyl halides is 1. The van der Waals surface area contributed by atoms with Crippen molar-refractivity contribution in [3.8, 4) is 0 Å². The van der Waals surface area contributed by atoms with Gasteiger partial charge in [0.2, 0.25) is 0 Å². The van der Waals surface area contributed by atoms with Gasteiger partial charge in [0.15, 0.2) is 0 Å². The maximum Gasteiger partial charge on any atom is 0.0680 e. The van der Waals surface area contributed by atoms with E-state index in [2.05, 4.69) is 13.8 Å². The Morgan fingerprint density at radius 2 is 1.89 bits per heavy atom. The molecule has 2 heteroatoms. The van der Waals surface area contributed by atoms with Crippen LogP contribution in [0, 0.1) is 5.92 Å². The second-order valence-corrected chi connectivity index (χ2v) is 3.78. The van der Waals surface area contributed by atoms with E-state index in [4.69, 9.17) is 11.6 Å². The molecule has 0 amide bonds. The van der Waals surface area contributed by atoms with Crippen molar-refractivity contribution < 1.29 is 0 Å². The van der Waals surface area contributed by atoms with Gasteiger partial charge in [-0.05, 0) is 11.7 Å². The maximum absolute atomic E-state index is 5.52. The molecule has 0 saturated heterocycles. The quantitative estimate of drug-likeness (QED) is 0.565. The molecule has 0 saturated carbocycles. The lowest BCUT2D eigenvalue weighted by molar-refractivity contribution is 0.554. The van der Waals surface area contributed by atoms with Crippen molar-refractivity contribution in [3.63, 3.8) is 0 Å². The van der Waals surface area contributed by atoms with E-state index in [1.807, 2.05) is 11.8 Å². The zero-order chi connectivity index (χ0) is 7.11. The van der Waals surface area contributed by atoms with E-state index >= 15 is 0 Å². The fraction of sp³-hybridized carbons (Fsp3) is 1.00. The predicted octanol–water partition coefficient (Wildman–Crippen LogP) is 3.35. The minimum absolute atomic E-state index is 0.747. The van der Waals surface area contributed by atoms with Crippen LogP contribution >= 0.6 is 23.4 Å². The van der Waals surface area contributed by atoms with E-state index in [0.29, 0.717) is 0 Å². The van der Waals surface area contributed by atoms with Crippen molar-refractivity contribution in [1.29, 1.82) is 0 Å². The van der Waals surface area contributed by atoms with E-state index in [1.54, 1.807) is 0 Å². The lowest BCUT2D eigenvalue weighted by Gasteiger charge is -2.08. The highest BCUT2D eigenvalue weighted by Gasteiger charge is 2.00. The average Bonchev–Trinajstić information content (AvgIpc) is 1.91. The van der Waals surface area contributed by atoms with E-state index in [9.17, 15) is 0 Å². The molecule has 0 nitrogen and oxygen atoms in total. The van der Waals surface area contributed by atoms with Gasteiger partial charge in [-0.1, -0.05) is 26.7 Å². The van der Waals surface area contributed by atoms with Crippen LogP contribution in [-0.4, -0.2) is 11.0 Å². The topological polar surface area (TPSA) is 0 Å². The molecular weight excluding hydrogens is 152 g/mol. The van der Waals surface area contributed by atoms with Crippen molar-refractivity contribution in [1.82, 2.24) is 0 Å². The Labute approximate surface area is 67.4 Å². The SMILES string of the molecule is CCC(CC)CSCCl. The molecule has 0 heterocycles. The first kappa shape index (κ1) is 9.64. The van der Waals surface area contributed by atoms with E-state index in [1.165, 1.54) is 18.6 Å². The molecule has 0 aliphatic heterocycles. The molecule has 0 aromatic carbocycles. The lowest BCUT2D eigenvalue weighted by Crippen LogP contribution is -1.99. The zero-order valence-electron chi connectivity index (χ0n) is 6.19. The van der Waals surface area contributed by atoms with Gasteiger partial charge >= 0.3 is 0 Å². The highest BCUT2D eigenvalue weighted by atomic mass is 35.5. The molecule has 56 valence electrons. The molecule has 0 aromatic rings. The van der Waals surface area contributed by atoms with E-state index in [0.717, 1.165) is 11.1 Å². The minimum atomic E-state index is 0.747. The van der Waals surface area contributed by atoms with Crippen molar-refractivity contribution in [3.05, 3.63) is 0 Å². The predicted molar refractivity (Wildman–Crippen MR) is 47.3 cm³/mol. The average molecular weight is 167 g/mol. The van der Waals surface area contributed by atoms with Crippen LogP contribution < -0.4 is 0 Å². The van der Waals surface area contributed by atoms with Gasteiger partial charge in [0, 0.05) is 0 Å². The molecule has 0 aliphatic rings. The highest BCUT2D eigenvalue weighted by Crippen LogP contribution is 2.15. The molecule has 0 atom stereocenters. The molecule has 0 aliphatic carbocycles.